The van der Waals surface area contributed by atoms with Crippen molar-refractivity contribution < 1.29 is 13.6 Å². The summed E-state index contributed by atoms with van der Waals surface area (Å²) in [4.78, 5) is 25.2. The van der Waals surface area contributed by atoms with Crippen LogP contribution in [0.25, 0.3) is 11.3 Å². The molecule has 0 atom stereocenters. The van der Waals surface area contributed by atoms with Gasteiger partial charge in [-0.2, -0.15) is 5.10 Å². The highest BCUT2D eigenvalue weighted by molar-refractivity contribution is 5.96. The average molecular weight is 383 g/mol. The Bertz CT molecular complexity index is 1090. The maximum absolute atomic E-state index is 13.7. The van der Waals surface area contributed by atoms with E-state index in [9.17, 15) is 18.4 Å². The van der Waals surface area contributed by atoms with Gasteiger partial charge >= 0.3 is 0 Å². The molecule has 0 saturated carbocycles. The molecule has 0 spiro atoms. The van der Waals surface area contributed by atoms with E-state index >= 15 is 0 Å². The third-order valence-corrected chi connectivity index (χ3v) is 4.46. The normalized spacial score (nSPS) is 11.3. The molecule has 7 heteroatoms. The van der Waals surface area contributed by atoms with Crippen LogP contribution in [0.1, 0.15) is 19.4 Å². The summed E-state index contributed by atoms with van der Waals surface area (Å²) in [5.41, 5.74) is -0.0601. The van der Waals surface area contributed by atoms with E-state index in [1.807, 2.05) is 0 Å². The monoisotopic (exact) mass is 383 g/mol. The van der Waals surface area contributed by atoms with Gasteiger partial charge in [0.1, 0.15) is 17.2 Å². The first kappa shape index (κ1) is 19.4. The van der Waals surface area contributed by atoms with Gasteiger partial charge in [-0.15, -0.1) is 0 Å². The SMILES string of the molecule is Cc1ccc(NC(=O)C(C)(C)n2nc(-c3ccc(F)cc3)ccc2=O)cc1F. The van der Waals surface area contributed by atoms with Crippen molar-refractivity contribution >= 4 is 11.6 Å². The minimum absolute atomic E-state index is 0.281. The molecule has 0 aliphatic heterocycles. The van der Waals surface area contributed by atoms with Crippen molar-refractivity contribution in [1.82, 2.24) is 9.78 Å². The van der Waals surface area contributed by atoms with Crippen molar-refractivity contribution in [3.8, 4) is 11.3 Å². The Hall–Kier alpha value is -3.35. The number of nitrogens with zero attached hydrogens (tertiary/aromatic N) is 2. The quantitative estimate of drug-likeness (QED) is 0.744. The zero-order valence-electron chi connectivity index (χ0n) is 15.7. The summed E-state index contributed by atoms with van der Waals surface area (Å²) < 4.78 is 27.9. The number of aromatic nitrogens is 2. The van der Waals surface area contributed by atoms with Gasteiger partial charge in [-0.05, 0) is 68.8 Å². The van der Waals surface area contributed by atoms with Crippen LogP contribution in [0.15, 0.2) is 59.4 Å². The number of benzene rings is 2. The van der Waals surface area contributed by atoms with Gasteiger partial charge in [-0.1, -0.05) is 6.07 Å². The summed E-state index contributed by atoms with van der Waals surface area (Å²) in [5.74, 6) is -1.35. The minimum Gasteiger partial charge on any atom is -0.324 e. The van der Waals surface area contributed by atoms with Crippen molar-refractivity contribution in [3.05, 3.63) is 82.1 Å². The molecule has 1 aromatic heterocycles. The Morgan fingerprint density at radius 1 is 1.04 bits per heavy atom. The number of aryl methyl sites for hydroxylation is 1. The van der Waals surface area contributed by atoms with Gasteiger partial charge in [-0.25, -0.2) is 13.5 Å². The van der Waals surface area contributed by atoms with Crippen molar-refractivity contribution in [2.75, 3.05) is 5.32 Å². The van der Waals surface area contributed by atoms with Gasteiger partial charge in [0.05, 0.1) is 5.69 Å². The van der Waals surface area contributed by atoms with Gasteiger partial charge in [0, 0.05) is 17.3 Å². The first-order chi connectivity index (χ1) is 13.2. The molecule has 1 amide bonds. The Labute approximate surface area is 160 Å². The molecule has 3 aromatic rings. The molecule has 0 fully saturated rings. The summed E-state index contributed by atoms with van der Waals surface area (Å²) >= 11 is 0. The van der Waals surface area contributed by atoms with E-state index in [2.05, 4.69) is 10.4 Å². The fourth-order valence-electron chi connectivity index (χ4n) is 2.64. The van der Waals surface area contributed by atoms with Gasteiger partial charge in [0.15, 0.2) is 0 Å². The fraction of sp³-hybridized carbons (Fsp3) is 0.190. The molecular weight excluding hydrogens is 364 g/mol. The van der Waals surface area contributed by atoms with Crippen LogP contribution in [0.3, 0.4) is 0 Å². The lowest BCUT2D eigenvalue weighted by molar-refractivity contribution is -0.123. The number of hydrogen-bond acceptors (Lipinski definition) is 3. The topological polar surface area (TPSA) is 64.0 Å². The first-order valence-electron chi connectivity index (χ1n) is 8.63. The van der Waals surface area contributed by atoms with E-state index in [0.717, 1.165) is 4.68 Å². The van der Waals surface area contributed by atoms with Crippen LogP contribution >= 0.6 is 0 Å². The summed E-state index contributed by atoms with van der Waals surface area (Å²) in [6, 6.07) is 12.8. The number of hydrogen-bond donors (Lipinski definition) is 1. The number of halogens is 2. The Morgan fingerprint density at radius 3 is 2.36 bits per heavy atom. The van der Waals surface area contributed by atoms with Crippen LogP contribution in [0, 0.1) is 18.6 Å². The number of anilines is 1. The van der Waals surface area contributed by atoms with Crippen LogP contribution < -0.4 is 10.9 Å². The lowest BCUT2D eigenvalue weighted by Crippen LogP contribution is -2.47. The molecule has 0 bridgehead atoms. The van der Waals surface area contributed by atoms with Crippen LogP contribution in [-0.2, 0) is 10.3 Å². The summed E-state index contributed by atoms with van der Waals surface area (Å²) in [5, 5.41) is 6.90. The number of rotatable bonds is 4. The standard InChI is InChI=1S/C21H19F2N3O2/c1-13-4-9-16(12-17(13)23)24-20(28)21(2,3)26-19(27)11-10-18(25-26)14-5-7-15(22)8-6-14/h4-12H,1-3H3,(H,24,28). The lowest BCUT2D eigenvalue weighted by Gasteiger charge is -2.25. The van der Waals surface area contributed by atoms with Crippen molar-refractivity contribution in [2.24, 2.45) is 0 Å². The fourth-order valence-corrected chi connectivity index (χ4v) is 2.64. The van der Waals surface area contributed by atoms with Crippen molar-refractivity contribution in [1.29, 1.82) is 0 Å². The molecule has 1 heterocycles. The molecule has 0 aliphatic rings. The maximum atomic E-state index is 13.7. The molecule has 0 aliphatic carbocycles. The van der Waals surface area contributed by atoms with Crippen LogP contribution in [-0.4, -0.2) is 15.7 Å². The van der Waals surface area contributed by atoms with Crippen molar-refractivity contribution in [3.63, 3.8) is 0 Å². The van der Waals surface area contributed by atoms with E-state index in [4.69, 9.17) is 0 Å². The minimum atomic E-state index is -1.35. The number of nitrogens with one attached hydrogen (secondary N) is 1. The first-order valence-corrected chi connectivity index (χ1v) is 8.63. The predicted molar refractivity (Wildman–Crippen MR) is 103 cm³/mol. The van der Waals surface area contributed by atoms with E-state index in [1.54, 1.807) is 19.1 Å². The van der Waals surface area contributed by atoms with Crippen LogP contribution in [0.2, 0.25) is 0 Å². The van der Waals surface area contributed by atoms with Gasteiger partial charge in [0.2, 0.25) is 0 Å². The molecule has 1 N–H and O–H groups in total. The molecule has 5 nitrogen and oxygen atoms in total. The second-order valence-electron chi connectivity index (χ2n) is 6.95. The Balaban J connectivity index is 1.94. The van der Waals surface area contributed by atoms with E-state index < -0.39 is 22.8 Å². The predicted octanol–water partition coefficient (Wildman–Crippen LogP) is 3.87. The molecule has 2 aromatic carbocycles. The lowest BCUT2D eigenvalue weighted by atomic mass is 10.0. The highest BCUT2D eigenvalue weighted by Gasteiger charge is 2.32. The third kappa shape index (κ3) is 3.83. The number of carbonyl (C=O) groups excluding carboxylic acids is 1. The highest BCUT2D eigenvalue weighted by Crippen LogP contribution is 2.21. The highest BCUT2D eigenvalue weighted by atomic mass is 19.1. The molecule has 144 valence electrons. The summed E-state index contributed by atoms with van der Waals surface area (Å²) in [6.45, 7) is 4.70. The van der Waals surface area contributed by atoms with E-state index in [1.165, 1.54) is 56.3 Å². The number of carbonyl (C=O) groups is 1. The molecule has 0 unspecified atom stereocenters. The van der Waals surface area contributed by atoms with Gasteiger partial charge < -0.3 is 5.32 Å². The molecular formula is C21H19F2N3O2. The smallest absolute Gasteiger partial charge is 0.267 e. The summed E-state index contributed by atoms with van der Waals surface area (Å²) in [6.07, 6.45) is 0. The average Bonchev–Trinajstić information content (AvgIpc) is 2.65. The molecule has 3 rings (SSSR count). The number of amides is 1. The van der Waals surface area contributed by atoms with Crippen LogP contribution in [0.5, 0.6) is 0 Å². The van der Waals surface area contributed by atoms with Crippen LogP contribution in [0.4, 0.5) is 14.5 Å². The molecule has 0 radical (unpaired) electrons. The molecule has 28 heavy (non-hydrogen) atoms. The molecule has 0 saturated heterocycles. The largest absolute Gasteiger partial charge is 0.324 e. The third-order valence-electron chi connectivity index (χ3n) is 4.46. The second kappa shape index (κ2) is 7.34. The Morgan fingerprint density at radius 2 is 1.71 bits per heavy atom. The zero-order chi connectivity index (χ0) is 20.5. The van der Waals surface area contributed by atoms with Gasteiger partial charge in [-0.3, -0.25) is 9.59 Å². The van der Waals surface area contributed by atoms with Gasteiger partial charge in [0.25, 0.3) is 11.5 Å². The Kier molecular flexibility index (Phi) is 5.09. The summed E-state index contributed by atoms with van der Waals surface area (Å²) in [7, 11) is 0. The maximum Gasteiger partial charge on any atom is 0.267 e. The van der Waals surface area contributed by atoms with E-state index in [-0.39, 0.29) is 11.5 Å². The second-order valence-corrected chi connectivity index (χ2v) is 6.95. The van der Waals surface area contributed by atoms with Crippen molar-refractivity contribution in [2.45, 2.75) is 26.3 Å². The zero-order valence-corrected chi connectivity index (χ0v) is 15.7. The van der Waals surface area contributed by atoms with E-state index in [0.29, 0.717) is 16.8 Å².